The lowest BCUT2D eigenvalue weighted by Crippen LogP contribution is -2.35. The summed E-state index contributed by atoms with van der Waals surface area (Å²) < 4.78 is 13.7. The van der Waals surface area contributed by atoms with Gasteiger partial charge in [-0.2, -0.15) is 0 Å². The van der Waals surface area contributed by atoms with Gasteiger partial charge in [0.15, 0.2) is 0 Å². The Hall–Kier alpha value is -1.42. The molecule has 0 saturated heterocycles. The van der Waals surface area contributed by atoms with Crippen molar-refractivity contribution in [1.29, 1.82) is 0 Å². The average Bonchev–Trinajstić information content (AvgIpc) is 2.45. The summed E-state index contributed by atoms with van der Waals surface area (Å²) in [5, 5.41) is 4.76. The van der Waals surface area contributed by atoms with Gasteiger partial charge in [-0.05, 0) is 23.9 Å². The van der Waals surface area contributed by atoms with Gasteiger partial charge in [0, 0.05) is 22.3 Å². The van der Waals surface area contributed by atoms with Crippen LogP contribution in [0, 0.1) is 5.82 Å². The molecule has 0 aliphatic carbocycles. The predicted octanol–water partition coefficient (Wildman–Crippen LogP) is 3.88. The summed E-state index contributed by atoms with van der Waals surface area (Å²) in [4.78, 5) is 12.2. The van der Waals surface area contributed by atoms with Gasteiger partial charge >= 0.3 is 0 Å². The van der Waals surface area contributed by atoms with Gasteiger partial charge in [-0.3, -0.25) is 4.79 Å². The lowest BCUT2D eigenvalue weighted by molar-refractivity contribution is 0.0942. The Morgan fingerprint density at radius 2 is 1.95 bits per heavy atom. The van der Waals surface area contributed by atoms with Crippen LogP contribution in [0.15, 0.2) is 36.4 Å². The number of carbonyl (C=O) groups is 1. The molecule has 2 aromatic rings. The minimum Gasteiger partial charge on any atom is -0.348 e. The van der Waals surface area contributed by atoms with Crippen molar-refractivity contribution >= 4 is 32.6 Å². The maximum absolute atomic E-state index is 13.7. The highest BCUT2D eigenvalue weighted by molar-refractivity contribution is 9.09. The number of fused-ring (bicyclic) bond motifs is 1. The van der Waals surface area contributed by atoms with E-state index in [2.05, 4.69) is 21.2 Å². The van der Waals surface area contributed by atoms with Crippen LogP contribution >= 0.6 is 15.9 Å². The first-order valence-electron chi connectivity index (χ1n) is 6.21. The molecule has 0 aromatic heterocycles. The van der Waals surface area contributed by atoms with Crippen molar-refractivity contribution in [3.8, 4) is 0 Å². The molecule has 0 aliphatic rings. The van der Waals surface area contributed by atoms with Gasteiger partial charge < -0.3 is 5.32 Å². The molecule has 4 heteroatoms. The van der Waals surface area contributed by atoms with Crippen LogP contribution in [-0.2, 0) is 0 Å². The summed E-state index contributed by atoms with van der Waals surface area (Å²) in [7, 11) is 0. The second-order valence-corrected chi connectivity index (χ2v) is 5.02. The van der Waals surface area contributed by atoms with Crippen LogP contribution < -0.4 is 5.32 Å². The van der Waals surface area contributed by atoms with Gasteiger partial charge in [-0.25, -0.2) is 4.39 Å². The Labute approximate surface area is 120 Å². The predicted molar refractivity (Wildman–Crippen MR) is 79.2 cm³/mol. The van der Waals surface area contributed by atoms with Crippen LogP contribution in [0.4, 0.5) is 4.39 Å². The lowest BCUT2D eigenvalue weighted by atomic mass is 10.0. The quantitative estimate of drug-likeness (QED) is 0.850. The largest absolute Gasteiger partial charge is 0.348 e. The molecule has 0 bridgehead atoms. The summed E-state index contributed by atoms with van der Waals surface area (Å²) in [5.41, 5.74) is 0.511. The van der Waals surface area contributed by atoms with Crippen molar-refractivity contribution in [2.75, 3.05) is 5.33 Å². The summed E-state index contributed by atoms with van der Waals surface area (Å²) in [6, 6.07) is 9.98. The lowest BCUT2D eigenvalue weighted by Gasteiger charge is -2.15. The van der Waals surface area contributed by atoms with Gasteiger partial charge in [0.25, 0.3) is 5.91 Å². The van der Waals surface area contributed by atoms with Gasteiger partial charge in [0.05, 0.1) is 0 Å². The first-order chi connectivity index (χ1) is 9.17. The van der Waals surface area contributed by atoms with E-state index in [0.29, 0.717) is 21.7 Å². The number of halogens is 2. The minimum atomic E-state index is -0.306. The fourth-order valence-electron chi connectivity index (χ4n) is 1.97. The van der Waals surface area contributed by atoms with Gasteiger partial charge in [-0.1, -0.05) is 47.1 Å². The van der Waals surface area contributed by atoms with E-state index in [-0.39, 0.29) is 17.8 Å². The van der Waals surface area contributed by atoms with E-state index in [1.165, 1.54) is 12.1 Å². The molecule has 0 aliphatic heterocycles. The maximum atomic E-state index is 13.7. The molecule has 0 fully saturated rings. The highest BCUT2D eigenvalue weighted by Gasteiger charge is 2.15. The Balaban J connectivity index is 2.40. The van der Waals surface area contributed by atoms with Crippen LogP contribution in [-0.4, -0.2) is 17.3 Å². The zero-order valence-electron chi connectivity index (χ0n) is 10.6. The number of hydrogen-bond acceptors (Lipinski definition) is 1. The molecule has 2 rings (SSSR count). The summed E-state index contributed by atoms with van der Waals surface area (Å²) in [6.07, 6.45) is 0.843. The number of benzene rings is 2. The molecule has 19 heavy (non-hydrogen) atoms. The van der Waals surface area contributed by atoms with Crippen molar-refractivity contribution in [2.45, 2.75) is 19.4 Å². The average molecular weight is 324 g/mol. The minimum absolute atomic E-state index is 0.0799. The fraction of sp³-hybridized carbons (Fsp3) is 0.267. The highest BCUT2D eigenvalue weighted by Crippen LogP contribution is 2.21. The van der Waals surface area contributed by atoms with E-state index in [4.69, 9.17) is 0 Å². The van der Waals surface area contributed by atoms with Crippen LogP contribution in [0.5, 0.6) is 0 Å². The molecule has 1 N–H and O–H groups in total. The van der Waals surface area contributed by atoms with E-state index in [1.54, 1.807) is 24.3 Å². The third-order valence-electron chi connectivity index (χ3n) is 3.13. The molecular weight excluding hydrogens is 309 g/mol. The molecule has 0 spiro atoms. The molecule has 100 valence electrons. The Bertz CT molecular complexity index is 596. The van der Waals surface area contributed by atoms with Gasteiger partial charge in [0.2, 0.25) is 0 Å². The topological polar surface area (TPSA) is 29.1 Å². The molecule has 0 radical (unpaired) electrons. The number of amides is 1. The second kappa shape index (κ2) is 6.15. The first-order valence-corrected chi connectivity index (χ1v) is 7.33. The van der Waals surface area contributed by atoms with Crippen LogP contribution in [0.3, 0.4) is 0 Å². The van der Waals surface area contributed by atoms with Crippen molar-refractivity contribution in [1.82, 2.24) is 5.32 Å². The van der Waals surface area contributed by atoms with Crippen LogP contribution in [0.25, 0.3) is 10.8 Å². The fourth-order valence-corrected chi connectivity index (χ4v) is 2.59. The smallest absolute Gasteiger partial charge is 0.252 e. The number of alkyl halides is 1. The molecule has 0 saturated carbocycles. The number of rotatable bonds is 4. The highest BCUT2D eigenvalue weighted by atomic mass is 79.9. The van der Waals surface area contributed by atoms with Gasteiger partial charge in [0.1, 0.15) is 5.82 Å². The van der Waals surface area contributed by atoms with Crippen molar-refractivity contribution < 1.29 is 9.18 Å². The zero-order valence-corrected chi connectivity index (χ0v) is 12.2. The van der Waals surface area contributed by atoms with Crippen molar-refractivity contribution in [3.63, 3.8) is 0 Å². The van der Waals surface area contributed by atoms with E-state index >= 15 is 0 Å². The van der Waals surface area contributed by atoms with E-state index < -0.39 is 0 Å². The van der Waals surface area contributed by atoms with Crippen molar-refractivity contribution in [2.24, 2.45) is 0 Å². The van der Waals surface area contributed by atoms with Crippen LogP contribution in [0.1, 0.15) is 23.7 Å². The molecule has 0 heterocycles. The Morgan fingerprint density at radius 1 is 1.26 bits per heavy atom. The molecule has 2 aromatic carbocycles. The number of hydrogen-bond donors (Lipinski definition) is 1. The SMILES string of the molecule is CCC(CBr)NC(=O)c1ccc(F)c2ccccc12. The zero-order chi connectivity index (χ0) is 13.8. The standard InChI is InChI=1S/C15H15BrFNO/c1-2-10(9-16)18-15(19)13-7-8-14(17)12-6-4-3-5-11(12)13/h3-8,10H,2,9H2,1H3,(H,18,19). The van der Waals surface area contributed by atoms with E-state index in [1.807, 2.05) is 6.92 Å². The van der Waals surface area contributed by atoms with E-state index in [0.717, 1.165) is 6.42 Å². The van der Waals surface area contributed by atoms with E-state index in [9.17, 15) is 9.18 Å². The molecular formula is C15H15BrFNO. The third-order valence-corrected chi connectivity index (χ3v) is 3.91. The molecule has 1 atom stereocenters. The monoisotopic (exact) mass is 323 g/mol. The number of nitrogens with one attached hydrogen (secondary N) is 1. The number of carbonyl (C=O) groups excluding carboxylic acids is 1. The van der Waals surface area contributed by atoms with Gasteiger partial charge in [-0.15, -0.1) is 0 Å². The van der Waals surface area contributed by atoms with Crippen molar-refractivity contribution in [3.05, 3.63) is 47.8 Å². The third kappa shape index (κ3) is 2.95. The van der Waals surface area contributed by atoms with Crippen LogP contribution in [0.2, 0.25) is 0 Å². The maximum Gasteiger partial charge on any atom is 0.252 e. The summed E-state index contributed by atoms with van der Waals surface area (Å²) >= 11 is 3.36. The molecule has 2 nitrogen and oxygen atoms in total. The molecule has 1 amide bonds. The first kappa shape index (κ1) is 14.0. The Morgan fingerprint density at radius 3 is 2.58 bits per heavy atom. The summed E-state index contributed by atoms with van der Waals surface area (Å²) in [5.74, 6) is -0.470. The summed E-state index contributed by atoms with van der Waals surface area (Å²) in [6.45, 7) is 2.01. The second-order valence-electron chi connectivity index (χ2n) is 4.37. The normalized spacial score (nSPS) is 12.4. The Kier molecular flexibility index (Phi) is 4.53. The molecule has 1 unspecified atom stereocenters.